The summed E-state index contributed by atoms with van der Waals surface area (Å²) in [4.78, 5) is 13.7. The van der Waals surface area contributed by atoms with Gasteiger partial charge in [0.25, 0.3) is 0 Å². The molecule has 0 N–H and O–H groups in total. The Labute approximate surface area is 102 Å². The zero-order valence-corrected chi connectivity index (χ0v) is 11.3. The van der Waals surface area contributed by atoms with Crippen molar-refractivity contribution in [3.63, 3.8) is 0 Å². The highest BCUT2D eigenvalue weighted by Crippen LogP contribution is 2.26. The summed E-state index contributed by atoms with van der Waals surface area (Å²) in [6, 6.07) is 0. The molecule has 0 aliphatic heterocycles. The van der Waals surface area contributed by atoms with E-state index in [1.54, 1.807) is 0 Å². The molecular formula is C12H22BrNO. The van der Waals surface area contributed by atoms with Gasteiger partial charge in [0, 0.05) is 25.3 Å². The van der Waals surface area contributed by atoms with Crippen molar-refractivity contribution in [1.82, 2.24) is 4.90 Å². The van der Waals surface area contributed by atoms with Crippen LogP contribution in [-0.4, -0.2) is 29.7 Å². The lowest BCUT2D eigenvalue weighted by Gasteiger charge is -2.24. The van der Waals surface area contributed by atoms with E-state index in [0.717, 1.165) is 24.7 Å². The summed E-state index contributed by atoms with van der Waals surface area (Å²) in [6.45, 7) is 0.886. The van der Waals surface area contributed by atoms with Crippen LogP contribution in [0.5, 0.6) is 0 Å². The van der Waals surface area contributed by atoms with Gasteiger partial charge in [-0.15, -0.1) is 0 Å². The van der Waals surface area contributed by atoms with Crippen LogP contribution in [0.4, 0.5) is 0 Å². The monoisotopic (exact) mass is 275 g/mol. The van der Waals surface area contributed by atoms with Gasteiger partial charge in [0.05, 0.1) is 0 Å². The average molecular weight is 276 g/mol. The van der Waals surface area contributed by atoms with Gasteiger partial charge in [-0.1, -0.05) is 35.2 Å². The van der Waals surface area contributed by atoms with E-state index < -0.39 is 0 Å². The molecule has 0 bridgehead atoms. The molecule has 1 amide bonds. The Morgan fingerprint density at radius 2 is 2.00 bits per heavy atom. The highest BCUT2D eigenvalue weighted by molar-refractivity contribution is 9.09. The number of halogens is 1. The number of nitrogens with zero attached hydrogens (tertiary/aromatic N) is 1. The molecule has 1 aliphatic carbocycles. The summed E-state index contributed by atoms with van der Waals surface area (Å²) in [6.07, 6.45) is 8.36. The van der Waals surface area contributed by atoms with Crippen molar-refractivity contribution in [2.45, 2.75) is 44.9 Å². The first-order valence-electron chi connectivity index (χ1n) is 6.04. The highest BCUT2D eigenvalue weighted by atomic mass is 79.9. The van der Waals surface area contributed by atoms with Crippen molar-refractivity contribution < 1.29 is 4.79 Å². The van der Waals surface area contributed by atoms with Crippen molar-refractivity contribution in [3.8, 4) is 0 Å². The fourth-order valence-corrected chi connectivity index (χ4v) is 2.47. The Bertz CT molecular complexity index is 190. The Morgan fingerprint density at radius 1 is 1.33 bits per heavy atom. The summed E-state index contributed by atoms with van der Waals surface area (Å²) in [5.74, 6) is 1.00. The second-order valence-corrected chi connectivity index (χ2v) is 5.36. The number of hydrogen-bond acceptors (Lipinski definition) is 1. The van der Waals surface area contributed by atoms with E-state index in [1.807, 2.05) is 11.9 Å². The van der Waals surface area contributed by atoms with Crippen LogP contribution in [0.1, 0.15) is 44.9 Å². The number of amides is 1. The molecular weight excluding hydrogens is 254 g/mol. The fourth-order valence-electron chi connectivity index (χ4n) is 2.22. The lowest BCUT2D eigenvalue weighted by molar-refractivity contribution is -0.131. The quantitative estimate of drug-likeness (QED) is 0.706. The lowest BCUT2D eigenvalue weighted by atomic mass is 9.87. The summed E-state index contributed by atoms with van der Waals surface area (Å²) in [5.41, 5.74) is 0. The molecule has 0 atom stereocenters. The minimum Gasteiger partial charge on any atom is -0.346 e. The van der Waals surface area contributed by atoms with E-state index in [4.69, 9.17) is 0 Å². The standard InChI is InChI=1S/C12H22BrNO/c1-14(9-5-8-13)12(15)10-11-6-3-2-4-7-11/h11H,2-10H2,1H3. The number of hydrogen-bond donors (Lipinski definition) is 0. The Kier molecular flexibility index (Phi) is 6.30. The molecule has 0 aromatic heterocycles. The molecule has 1 fully saturated rings. The van der Waals surface area contributed by atoms with Gasteiger partial charge in [-0.25, -0.2) is 0 Å². The van der Waals surface area contributed by atoms with Crippen LogP contribution < -0.4 is 0 Å². The zero-order valence-electron chi connectivity index (χ0n) is 9.67. The van der Waals surface area contributed by atoms with E-state index >= 15 is 0 Å². The predicted octanol–water partition coefficient (Wildman–Crippen LogP) is 3.20. The van der Waals surface area contributed by atoms with Crippen molar-refractivity contribution >= 4 is 21.8 Å². The van der Waals surface area contributed by atoms with Crippen LogP contribution in [0.2, 0.25) is 0 Å². The summed E-state index contributed by atoms with van der Waals surface area (Å²) < 4.78 is 0. The van der Waals surface area contributed by atoms with Crippen molar-refractivity contribution in [2.24, 2.45) is 5.92 Å². The van der Waals surface area contributed by atoms with Gasteiger partial charge in [-0.2, -0.15) is 0 Å². The largest absolute Gasteiger partial charge is 0.346 e. The van der Waals surface area contributed by atoms with Crippen LogP contribution in [0, 0.1) is 5.92 Å². The van der Waals surface area contributed by atoms with Crippen molar-refractivity contribution in [1.29, 1.82) is 0 Å². The number of carbonyl (C=O) groups is 1. The third-order valence-corrected chi connectivity index (χ3v) is 3.80. The molecule has 0 unspecified atom stereocenters. The molecule has 0 aromatic rings. The topological polar surface area (TPSA) is 20.3 Å². The first-order valence-corrected chi connectivity index (χ1v) is 7.16. The van der Waals surface area contributed by atoms with E-state index in [-0.39, 0.29) is 0 Å². The molecule has 0 aromatic carbocycles. The minimum absolute atomic E-state index is 0.336. The van der Waals surface area contributed by atoms with Crippen molar-refractivity contribution in [2.75, 3.05) is 18.9 Å². The SMILES string of the molecule is CN(CCCBr)C(=O)CC1CCCCC1. The van der Waals surface area contributed by atoms with E-state index in [1.165, 1.54) is 32.1 Å². The van der Waals surface area contributed by atoms with Gasteiger partial charge in [0.1, 0.15) is 0 Å². The Hall–Kier alpha value is -0.0500. The first-order chi connectivity index (χ1) is 7.24. The van der Waals surface area contributed by atoms with E-state index in [0.29, 0.717) is 11.8 Å². The van der Waals surface area contributed by atoms with E-state index in [9.17, 15) is 4.79 Å². The highest BCUT2D eigenvalue weighted by Gasteiger charge is 2.18. The van der Waals surface area contributed by atoms with Gasteiger partial charge in [-0.3, -0.25) is 4.79 Å². The third-order valence-electron chi connectivity index (χ3n) is 3.24. The molecule has 1 rings (SSSR count). The first kappa shape index (κ1) is 13.0. The molecule has 0 saturated heterocycles. The van der Waals surface area contributed by atoms with Gasteiger partial charge < -0.3 is 4.90 Å². The van der Waals surface area contributed by atoms with Crippen LogP contribution in [-0.2, 0) is 4.79 Å². The van der Waals surface area contributed by atoms with Gasteiger partial charge in [0.2, 0.25) is 5.91 Å². The molecule has 0 heterocycles. The number of rotatable bonds is 5. The third kappa shape index (κ3) is 5.01. The average Bonchev–Trinajstić information content (AvgIpc) is 2.27. The lowest BCUT2D eigenvalue weighted by Crippen LogP contribution is -2.30. The molecule has 88 valence electrons. The van der Waals surface area contributed by atoms with Crippen LogP contribution >= 0.6 is 15.9 Å². The molecule has 1 saturated carbocycles. The van der Waals surface area contributed by atoms with Crippen LogP contribution in [0.3, 0.4) is 0 Å². The van der Waals surface area contributed by atoms with E-state index in [2.05, 4.69) is 15.9 Å². The van der Waals surface area contributed by atoms with Crippen LogP contribution in [0.25, 0.3) is 0 Å². The second kappa shape index (κ2) is 7.26. The van der Waals surface area contributed by atoms with Crippen LogP contribution in [0.15, 0.2) is 0 Å². The maximum absolute atomic E-state index is 11.8. The number of alkyl halides is 1. The van der Waals surface area contributed by atoms with Gasteiger partial charge in [-0.05, 0) is 25.2 Å². The van der Waals surface area contributed by atoms with Crippen molar-refractivity contribution in [3.05, 3.63) is 0 Å². The normalized spacial score (nSPS) is 17.7. The summed E-state index contributed by atoms with van der Waals surface area (Å²) in [5, 5.41) is 0.980. The maximum Gasteiger partial charge on any atom is 0.222 e. The molecule has 1 aliphatic rings. The van der Waals surface area contributed by atoms with Gasteiger partial charge in [0.15, 0.2) is 0 Å². The molecule has 0 radical (unpaired) electrons. The zero-order chi connectivity index (χ0) is 11.1. The van der Waals surface area contributed by atoms with Gasteiger partial charge >= 0.3 is 0 Å². The molecule has 0 spiro atoms. The smallest absolute Gasteiger partial charge is 0.222 e. The summed E-state index contributed by atoms with van der Waals surface area (Å²) in [7, 11) is 1.92. The molecule has 3 heteroatoms. The summed E-state index contributed by atoms with van der Waals surface area (Å²) >= 11 is 3.39. The molecule has 15 heavy (non-hydrogen) atoms. The molecule has 2 nitrogen and oxygen atoms in total. The maximum atomic E-state index is 11.8. The predicted molar refractivity (Wildman–Crippen MR) is 67.2 cm³/mol. The Morgan fingerprint density at radius 3 is 2.60 bits per heavy atom. The Balaban J connectivity index is 2.20. The number of carbonyl (C=O) groups excluding carboxylic acids is 1. The second-order valence-electron chi connectivity index (χ2n) is 4.57. The fraction of sp³-hybridized carbons (Fsp3) is 0.917. The minimum atomic E-state index is 0.336.